The molecule has 3 nitrogen and oxygen atoms in total. The highest BCUT2D eigenvalue weighted by Crippen LogP contribution is 2.31. The van der Waals surface area contributed by atoms with E-state index in [1.807, 2.05) is 13.0 Å². The molecule has 0 aromatic carbocycles. The third-order valence-electron chi connectivity index (χ3n) is 3.26. The Morgan fingerprint density at radius 1 is 1.44 bits per heavy atom. The van der Waals surface area contributed by atoms with Gasteiger partial charge in [0.1, 0.15) is 0 Å². The number of rotatable bonds is 8. The molecule has 1 rings (SSSR count). The van der Waals surface area contributed by atoms with Crippen molar-refractivity contribution in [1.82, 2.24) is 0 Å². The van der Waals surface area contributed by atoms with Gasteiger partial charge in [-0.05, 0) is 37.6 Å². The first-order valence-corrected chi connectivity index (χ1v) is 7.46. The number of ether oxygens (including phenoxy) is 1. The van der Waals surface area contributed by atoms with Crippen LogP contribution in [0, 0.1) is 5.41 Å². The number of esters is 1. The van der Waals surface area contributed by atoms with Crippen LogP contribution in [0.1, 0.15) is 38.0 Å². The Hall–Kier alpha value is -0.870. The molecule has 1 aromatic rings. The van der Waals surface area contributed by atoms with E-state index in [4.69, 9.17) is 10.5 Å². The second-order valence-electron chi connectivity index (χ2n) is 4.53. The molecule has 0 fully saturated rings. The normalized spacial score (nSPS) is 14.2. The van der Waals surface area contributed by atoms with Gasteiger partial charge in [0.25, 0.3) is 0 Å². The standard InChI is InChI=1S/C14H23NO2S/c1-3-8-14(11-15,13(16)17-4-2)9-7-12-6-5-10-18-12/h5-6,10H,3-4,7-9,11,15H2,1-2H3. The van der Waals surface area contributed by atoms with Crippen molar-refractivity contribution in [2.75, 3.05) is 13.2 Å². The minimum Gasteiger partial charge on any atom is -0.466 e. The highest BCUT2D eigenvalue weighted by molar-refractivity contribution is 7.09. The van der Waals surface area contributed by atoms with Crippen molar-refractivity contribution in [3.8, 4) is 0 Å². The predicted octanol–water partition coefficient (Wildman–Crippen LogP) is 2.99. The second kappa shape index (κ2) is 7.54. The van der Waals surface area contributed by atoms with Gasteiger partial charge < -0.3 is 10.5 Å². The van der Waals surface area contributed by atoms with Crippen LogP contribution in [-0.2, 0) is 16.0 Å². The summed E-state index contributed by atoms with van der Waals surface area (Å²) in [5.41, 5.74) is 5.36. The summed E-state index contributed by atoms with van der Waals surface area (Å²) < 4.78 is 5.21. The van der Waals surface area contributed by atoms with Crippen LogP contribution in [-0.4, -0.2) is 19.1 Å². The maximum atomic E-state index is 12.1. The molecule has 0 saturated heterocycles. The molecule has 1 heterocycles. The summed E-state index contributed by atoms with van der Waals surface area (Å²) in [6, 6.07) is 4.14. The fraction of sp³-hybridized carbons (Fsp3) is 0.643. The zero-order valence-corrected chi connectivity index (χ0v) is 12.1. The molecule has 0 aliphatic carbocycles. The van der Waals surface area contributed by atoms with Gasteiger partial charge in [0.15, 0.2) is 0 Å². The lowest BCUT2D eigenvalue weighted by Crippen LogP contribution is -2.40. The Labute approximate surface area is 113 Å². The van der Waals surface area contributed by atoms with Crippen molar-refractivity contribution >= 4 is 17.3 Å². The number of nitrogens with two attached hydrogens (primary N) is 1. The molecule has 1 aromatic heterocycles. The lowest BCUT2D eigenvalue weighted by molar-refractivity contribution is -0.155. The highest BCUT2D eigenvalue weighted by atomic mass is 32.1. The van der Waals surface area contributed by atoms with E-state index < -0.39 is 5.41 Å². The summed E-state index contributed by atoms with van der Waals surface area (Å²) >= 11 is 1.72. The van der Waals surface area contributed by atoms with Gasteiger partial charge in [-0.2, -0.15) is 0 Å². The number of thiophene rings is 1. The maximum absolute atomic E-state index is 12.1. The molecule has 1 unspecified atom stereocenters. The number of carbonyl (C=O) groups is 1. The molecular formula is C14H23NO2S. The van der Waals surface area contributed by atoms with Crippen molar-refractivity contribution in [3.63, 3.8) is 0 Å². The van der Waals surface area contributed by atoms with E-state index in [1.54, 1.807) is 11.3 Å². The average Bonchev–Trinajstić information content (AvgIpc) is 2.88. The molecule has 102 valence electrons. The quantitative estimate of drug-likeness (QED) is 0.738. The van der Waals surface area contributed by atoms with Crippen molar-refractivity contribution in [3.05, 3.63) is 22.4 Å². The molecule has 2 N–H and O–H groups in total. The fourth-order valence-corrected chi connectivity index (χ4v) is 2.91. The van der Waals surface area contributed by atoms with E-state index in [2.05, 4.69) is 18.4 Å². The third kappa shape index (κ3) is 3.82. The van der Waals surface area contributed by atoms with E-state index in [-0.39, 0.29) is 5.97 Å². The lowest BCUT2D eigenvalue weighted by atomic mass is 9.79. The Kier molecular flexibility index (Phi) is 6.36. The van der Waals surface area contributed by atoms with Gasteiger partial charge in [-0.15, -0.1) is 11.3 Å². The van der Waals surface area contributed by atoms with Crippen LogP contribution in [0.2, 0.25) is 0 Å². The van der Waals surface area contributed by atoms with Crippen molar-refractivity contribution in [1.29, 1.82) is 0 Å². The summed E-state index contributed by atoms with van der Waals surface area (Å²) in [4.78, 5) is 13.4. The summed E-state index contributed by atoms with van der Waals surface area (Å²) in [6.07, 6.45) is 3.42. The monoisotopic (exact) mass is 269 g/mol. The van der Waals surface area contributed by atoms with Crippen molar-refractivity contribution < 1.29 is 9.53 Å². The van der Waals surface area contributed by atoms with Gasteiger partial charge in [0.2, 0.25) is 0 Å². The zero-order valence-electron chi connectivity index (χ0n) is 11.3. The van der Waals surface area contributed by atoms with Crippen LogP contribution in [0.25, 0.3) is 0 Å². The molecule has 0 bridgehead atoms. The number of carbonyl (C=O) groups excluding carboxylic acids is 1. The van der Waals surface area contributed by atoms with Crippen LogP contribution < -0.4 is 5.73 Å². The zero-order chi connectivity index (χ0) is 13.4. The minimum absolute atomic E-state index is 0.133. The SMILES string of the molecule is CCCC(CN)(CCc1cccs1)C(=O)OCC. The largest absolute Gasteiger partial charge is 0.466 e. The Bertz CT molecular complexity index is 351. The first kappa shape index (κ1) is 15.2. The molecule has 0 aliphatic rings. The van der Waals surface area contributed by atoms with Gasteiger partial charge >= 0.3 is 5.97 Å². The average molecular weight is 269 g/mol. The first-order chi connectivity index (χ1) is 8.68. The molecule has 18 heavy (non-hydrogen) atoms. The van der Waals surface area contributed by atoms with Crippen LogP contribution in [0.5, 0.6) is 0 Å². The van der Waals surface area contributed by atoms with E-state index in [0.717, 1.165) is 25.7 Å². The van der Waals surface area contributed by atoms with Crippen LogP contribution in [0.15, 0.2) is 17.5 Å². The Balaban J connectivity index is 2.72. The molecule has 0 spiro atoms. The fourth-order valence-electron chi connectivity index (χ4n) is 2.20. The van der Waals surface area contributed by atoms with Crippen LogP contribution >= 0.6 is 11.3 Å². The summed E-state index contributed by atoms with van der Waals surface area (Å²) in [5.74, 6) is -0.133. The number of aryl methyl sites for hydroxylation is 1. The molecule has 4 heteroatoms. The Morgan fingerprint density at radius 3 is 2.72 bits per heavy atom. The van der Waals surface area contributed by atoms with Gasteiger partial charge in [0.05, 0.1) is 12.0 Å². The van der Waals surface area contributed by atoms with E-state index in [1.165, 1.54) is 4.88 Å². The van der Waals surface area contributed by atoms with Crippen LogP contribution in [0.3, 0.4) is 0 Å². The number of hydrogen-bond donors (Lipinski definition) is 1. The third-order valence-corrected chi connectivity index (χ3v) is 4.19. The van der Waals surface area contributed by atoms with Crippen molar-refractivity contribution in [2.45, 2.75) is 39.5 Å². The van der Waals surface area contributed by atoms with Gasteiger partial charge in [0, 0.05) is 11.4 Å². The lowest BCUT2D eigenvalue weighted by Gasteiger charge is -2.29. The predicted molar refractivity (Wildman–Crippen MR) is 75.7 cm³/mol. The van der Waals surface area contributed by atoms with Gasteiger partial charge in [-0.25, -0.2) is 0 Å². The summed E-state index contributed by atoms with van der Waals surface area (Å²) in [5, 5.41) is 2.06. The first-order valence-electron chi connectivity index (χ1n) is 6.58. The van der Waals surface area contributed by atoms with Gasteiger partial charge in [-0.3, -0.25) is 4.79 Å². The molecule has 1 atom stereocenters. The summed E-state index contributed by atoms with van der Waals surface area (Å²) in [7, 11) is 0. The maximum Gasteiger partial charge on any atom is 0.313 e. The minimum atomic E-state index is -0.505. The van der Waals surface area contributed by atoms with Crippen molar-refractivity contribution in [2.24, 2.45) is 11.1 Å². The number of hydrogen-bond acceptors (Lipinski definition) is 4. The van der Waals surface area contributed by atoms with Crippen LogP contribution in [0.4, 0.5) is 0 Å². The molecule has 0 aliphatic heterocycles. The second-order valence-corrected chi connectivity index (χ2v) is 5.57. The van der Waals surface area contributed by atoms with Gasteiger partial charge in [-0.1, -0.05) is 19.4 Å². The molecule has 0 amide bonds. The topological polar surface area (TPSA) is 52.3 Å². The van der Waals surface area contributed by atoms with E-state index in [0.29, 0.717) is 13.2 Å². The smallest absolute Gasteiger partial charge is 0.313 e. The molecule has 0 saturated carbocycles. The van der Waals surface area contributed by atoms with E-state index in [9.17, 15) is 4.79 Å². The van der Waals surface area contributed by atoms with E-state index >= 15 is 0 Å². The molecular weight excluding hydrogens is 246 g/mol. The highest BCUT2D eigenvalue weighted by Gasteiger charge is 2.37. The molecule has 0 radical (unpaired) electrons. The summed E-state index contributed by atoms with van der Waals surface area (Å²) in [6.45, 7) is 4.70. The Morgan fingerprint density at radius 2 is 2.22 bits per heavy atom.